The standard InChI is InChI=1S/C28H26ClNO3/c1-19-9-12-22(29)17-25(19)30-27(31)26-16-15-24(33-26)18-32-23-13-10-21(11-14-23)28(2,3)20-7-5-4-6-8-20/h4-17H,18H2,1-3H3,(H,30,31). The monoisotopic (exact) mass is 459 g/mol. The van der Waals surface area contributed by atoms with E-state index in [9.17, 15) is 4.79 Å². The average molecular weight is 460 g/mol. The van der Waals surface area contributed by atoms with Crippen molar-refractivity contribution in [3.63, 3.8) is 0 Å². The van der Waals surface area contributed by atoms with Gasteiger partial charge in [-0.05, 0) is 60.0 Å². The fraction of sp³-hybridized carbons (Fsp3) is 0.179. The Morgan fingerprint density at radius 1 is 0.939 bits per heavy atom. The molecule has 1 N–H and O–H groups in total. The maximum atomic E-state index is 12.5. The summed E-state index contributed by atoms with van der Waals surface area (Å²) in [5.74, 6) is 1.18. The van der Waals surface area contributed by atoms with Crippen LogP contribution in [0.15, 0.2) is 89.3 Å². The van der Waals surface area contributed by atoms with Crippen LogP contribution in [0.1, 0.15) is 46.9 Å². The molecule has 4 rings (SSSR count). The largest absolute Gasteiger partial charge is 0.486 e. The number of hydrogen-bond acceptors (Lipinski definition) is 3. The third-order valence-electron chi connectivity index (χ3n) is 5.79. The first kappa shape index (κ1) is 22.7. The number of anilines is 1. The van der Waals surface area contributed by atoms with Gasteiger partial charge in [0.1, 0.15) is 18.1 Å². The number of amides is 1. The summed E-state index contributed by atoms with van der Waals surface area (Å²) in [4.78, 5) is 12.5. The summed E-state index contributed by atoms with van der Waals surface area (Å²) in [5.41, 5.74) is 3.93. The quantitative estimate of drug-likeness (QED) is 0.313. The summed E-state index contributed by atoms with van der Waals surface area (Å²) in [6.45, 7) is 6.54. The molecule has 0 bridgehead atoms. The zero-order chi connectivity index (χ0) is 23.4. The molecule has 1 amide bonds. The van der Waals surface area contributed by atoms with Crippen LogP contribution in [0.2, 0.25) is 5.02 Å². The second-order valence-electron chi connectivity index (χ2n) is 8.48. The summed E-state index contributed by atoms with van der Waals surface area (Å²) in [7, 11) is 0. The number of halogens is 1. The predicted molar refractivity (Wildman–Crippen MR) is 132 cm³/mol. The minimum Gasteiger partial charge on any atom is -0.486 e. The molecule has 0 fully saturated rings. The number of benzene rings is 3. The summed E-state index contributed by atoms with van der Waals surface area (Å²) in [6, 6.07) is 27.2. The van der Waals surface area contributed by atoms with Crippen molar-refractivity contribution in [3.05, 3.63) is 118 Å². The molecule has 1 heterocycles. The van der Waals surface area contributed by atoms with Gasteiger partial charge >= 0.3 is 0 Å². The number of nitrogens with one attached hydrogen (secondary N) is 1. The van der Waals surface area contributed by atoms with E-state index >= 15 is 0 Å². The predicted octanol–water partition coefficient (Wildman–Crippen LogP) is 7.40. The van der Waals surface area contributed by atoms with Gasteiger partial charge in [0.15, 0.2) is 5.76 Å². The lowest BCUT2D eigenvalue weighted by Crippen LogP contribution is -2.18. The molecule has 1 aromatic heterocycles. The van der Waals surface area contributed by atoms with E-state index < -0.39 is 0 Å². The molecule has 0 aliphatic heterocycles. The average Bonchev–Trinajstić information content (AvgIpc) is 3.30. The molecule has 0 spiro atoms. The lowest BCUT2D eigenvalue weighted by Gasteiger charge is -2.26. The summed E-state index contributed by atoms with van der Waals surface area (Å²) < 4.78 is 11.5. The van der Waals surface area contributed by atoms with Crippen LogP contribution in [0.4, 0.5) is 5.69 Å². The molecule has 0 atom stereocenters. The van der Waals surface area contributed by atoms with Crippen molar-refractivity contribution in [1.82, 2.24) is 0 Å². The van der Waals surface area contributed by atoms with E-state index in [1.165, 1.54) is 11.1 Å². The van der Waals surface area contributed by atoms with Gasteiger partial charge < -0.3 is 14.5 Å². The number of aryl methyl sites for hydroxylation is 1. The highest BCUT2D eigenvalue weighted by molar-refractivity contribution is 6.31. The van der Waals surface area contributed by atoms with Crippen molar-refractivity contribution in [3.8, 4) is 5.75 Å². The smallest absolute Gasteiger partial charge is 0.291 e. The first-order chi connectivity index (χ1) is 15.8. The molecule has 0 saturated carbocycles. The van der Waals surface area contributed by atoms with Crippen molar-refractivity contribution in [2.24, 2.45) is 0 Å². The fourth-order valence-corrected chi connectivity index (χ4v) is 3.81. The molecule has 0 saturated heterocycles. The highest BCUT2D eigenvalue weighted by Crippen LogP contribution is 2.32. The Morgan fingerprint density at radius 3 is 2.36 bits per heavy atom. The number of hydrogen-bond donors (Lipinski definition) is 1. The van der Waals surface area contributed by atoms with Crippen LogP contribution in [-0.4, -0.2) is 5.91 Å². The van der Waals surface area contributed by atoms with Gasteiger partial charge in [-0.3, -0.25) is 4.79 Å². The first-order valence-electron chi connectivity index (χ1n) is 10.8. The molecule has 0 radical (unpaired) electrons. The minimum absolute atomic E-state index is 0.107. The Morgan fingerprint density at radius 2 is 1.64 bits per heavy atom. The zero-order valence-corrected chi connectivity index (χ0v) is 19.6. The number of carbonyl (C=O) groups excluding carboxylic acids is 1. The summed E-state index contributed by atoms with van der Waals surface area (Å²) in [5, 5.41) is 3.39. The maximum Gasteiger partial charge on any atom is 0.291 e. The highest BCUT2D eigenvalue weighted by atomic mass is 35.5. The number of furan rings is 1. The molecule has 0 aliphatic carbocycles. The van der Waals surface area contributed by atoms with E-state index in [0.717, 1.165) is 11.3 Å². The van der Waals surface area contributed by atoms with E-state index in [4.69, 9.17) is 20.8 Å². The molecule has 4 aromatic rings. The van der Waals surface area contributed by atoms with Gasteiger partial charge in [-0.15, -0.1) is 0 Å². The number of rotatable bonds is 7. The molecular weight excluding hydrogens is 434 g/mol. The molecule has 4 nitrogen and oxygen atoms in total. The van der Waals surface area contributed by atoms with E-state index in [1.54, 1.807) is 24.3 Å². The van der Waals surface area contributed by atoms with Gasteiger partial charge in [0.2, 0.25) is 0 Å². The molecule has 3 aromatic carbocycles. The topological polar surface area (TPSA) is 51.5 Å². The van der Waals surface area contributed by atoms with Gasteiger partial charge in [-0.25, -0.2) is 0 Å². The van der Waals surface area contributed by atoms with Crippen molar-refractivity contribution in [1.29, 1.82) is 0 Å². The first-order valence-corrected chi connectivity index (χ1v) is 11.2. The van der Waals surface area contributed by atoms with Crippen LogP contribution < -0.4 is 10.1 Å². The normalized spacial score (nSPS) is 11.3. The van der Waals surface area contributed by atoms with Crippen molar-refractivity contribution >= 4 is 23.2 Å². The highest BCUT2D eigenvalue weighted by Gasteiger charge is 2.22. The van der Waals surface area contributed by atoms with E-state index in [-0.39, 0.29) is 23.7 Å². The van der Waals surface area contributed by atoms with Gasteiger partial charge in [0.05, 0.1) is 0 Å². The van der Waals surface area contributed by atoms with Crippen molar-refractivity contribution < 1.29 is 13.9 Å². The van der Waals surface area contributed by atoms with Crippen molar-refractivity contribution in [2.45, 2.75) is 32.8 Å². The minimum atomic E-state index is -0.334. The third-order valence-corrected chi connectivity index (χ3v) is 6.02. The Labute approximate surface area is 199 Å². The lowest BCUT2D eigenvalue weighted by atomic mass is 9.78. The second kappa shape index (κ2) is 9.55. The van der Waals surface area contributed by atoms with Crippen LogP contribution in [0, 0.1) is 6.92 Å². The van der Waals surface area contributed by atoms with Crippen LogP contribution >= 0.6 is 11.6 Å². The fourth-order valence-electron chi connectivity index (χ4n) is 3.63. The molecule has 168 valence electrons. The second-order valence-corrected chi connectivity index (χ2v) is 8.92. The SMILES string of the molecule is Cc1ccc(Cl)cc1NC(=O)c1ccc(COc2ccc(C(C)(C)c3ccccc3)cc2)o1. The molecule has 0 aliphatic rings. The number of ether oxygens (including phenoxy) is 1. The summed E-state index contributed by atoms with van der Waals surface area (Å²) in [6.07, 6.45) is 0. The van der Waals surface area contributed by atoms with E-state index in [2.05, 4.69) is 55.6 Å². The number of carbonyl (C=O) groups is 1. The van der Waals surface area contributed by atoms with Crippen LogP contribution in [0.25, 0.3) is 0 Å². The van der Waals surface area contributed by atoms with Crippen LogP contribution in [0.5, 0.6) is 5.75 Å². The van der Waals surface area contributed by atoms with Crippen LogP contribution in [0.3, 0.4) is 0 Å². The van der Waals surface area contributed by atoms with Gasteiger partial charge in [-0.1, -0.05) is 74.0 Å². The van der Waals surface area contributed by atoms with E-state index in [1.807, 2.05) is 31.2 Å². The maximum absolute atomic E-state index is 12.5. The van der Waals surface area contributed by atoms with E-state index in [0.29, 0.717) is 16.5 Å². The molecule has 0 unspecified atom stereocenters. The Kier molecular flexibility index (Phi) is 6.57. The van der Waals surface area contributed by atoms with Crippen LogP contribution in [-0.2, 0) is 12.0 Å². The Hall–Kier alpha value is -3.50. The van der Waals surface area contributed by atoms with Gasteiger partial charge in [0.25, 0.3) is 5.91 Å². The van der Waals surface area contributed by atoms with Gasteiger partial charge in [-0.2, -0.15) is 0 Å². The zero-order valence-electron chi connectivity index (χ0n) is 18.9. The van der Waals surface area contributed by atoms with Crippen molar-refractivity contribution in [2.75, 3.05) is 5.32 Å². The molecular formula is C28H26ClNO3. The summed E-state index contributed by atoms with van der Waals surface area (Å²) >= 11 is 6.02. The molecule has 33 heavy (non-hydrogen) atoms. The Bertz CT molecular complexity index is 1240. The third kappa shape index (κ3) is 5.29. The Balaban J connectivity index is 1.37. The lowest BCUT2D eigenvalue weighted by molar-refractivity contribution is 0.0992. The van der Waals surface area contributed by atoms with Gasteiger partial charge in [0, 0.05) is 16.1 Å². The molecule has 5 heteroatoms.